The fourth-order valence-electron chi connectivity index (χ4n) is 2.48. The van der Waals surface area contributed by atoms with Crippen LogP contribution in [-0.4, -0.2) is 9.97 Å². The van der Waals surface area contributed by atoms with E-state index >= 15 is 0 Å². The average Bonchev–Trinajstić information content (AvgIpc) is 2.78. The van der Waals surface area contributed by atoms with Gasteiger partial charge in [-0.05, 0) is 45.0 Å². The predicted molar refractivity (Wildman–Crippen MR) is 85.4 cm³/mol. The summed E-state index contributed by atoms with van der Waals surface area (Å²) in [5.41, 5.74) is 3.25. The lowest BCUT2D eigenvalue weighted by Gasteiger charge is -2.16. The number of aromatic nitrogens is 2. The molecule has 4 heteroatoms. The highest BCUT2D eigenvalue weighted by Gasteiger charge is 2.13. The SMILES string of the molecule is Cc1nc(C(C)Nc2cccc3ncccc23)c(C)s1. The molecule has 0 bridgehead atoms. The van der Waals surface area contributed by atoms with Crippen molar-refractivity contribution < 1.29 is 0 Å². The van der Waals surface area contributed by atoms with Crippen LogP contribution in [0.15, 0.2) is 36.5 Å². The molecule has 0 saturated carbocycles. The lowest BCUT2D eigenvalue weighted by Crippen LogP contribution is -2.08. The zero-order valence-corrected chi connectivity index (χ0v) is 12.7. The van der Waals surface area contributed by atoms with Gasteiger partial charge in [0.1, 0.15) is 0 Å². The predicted octanol–water partition coefficient (Wildman–Crippen LogP) is 4.48. The zero-order chi connectivity index (χ0) is 14.1. The zero-order valence-electron chi connectivity index (χ0n) is 11.8. The third-order valence-electron chi connectivity index (χ3n) is 3.37. The number of pyridine rings is 1. The summed E-state index contributed by atoms with van der Waals surface area (Å²) in [5, 5.41) is 5.82. The molecular formula is C16H17N3S. The van der Waals surface area contributed by atoms with E-state index in [0.29, 0.717) is 0 Å². The topological polar surface area (TPSA) is 37.8 Å². The summed E-state index contributed by atoms with van der Waals surface area (Å²) in [6, 6.07) is 10.4. The molecule has 20 heavy (non-hydrogen) atoms. The van der Waals surface area contributed by atoms with Gasteiger partial charge in [0.2, 0.25) is 0 Å². The van der Waals surface area contributed by atoms with Crippen LogP contribution >= 0.6 is 11.3 Å². The van der Waals surface area contributed by atoms with Crippen LogP contribution in [0.25, 0.3) is 10.9 Å². The van der Waals surface area contributed by atoms with E-state index in [-0.39, 0.29) is 6.04 Å². The summed E-state index contributed by atoms with van der Waals surface area (Å²) in [5.74, 6) is 0. The van der Waals surface area contributed by atoms with Crippen molar-refractivity contribution >= 4 is 27.9 Å². The second-order valence-corrected chi connectivity index (χ2v) is 6.32. The van der Waals surface area contributed by atoms with E-state index in [4.69, 9.17) is 0 Å². The number of fused-ring (bicyclic) bond motifs is 1. The van der Waals surface area contributed by atoms with E-state index in [1.165, 1.54) is 4.88 Å². The monoisotopic (exact) mass is 283 g/mol. The minimum Gasteiger partial charge on any atom is -0.376 e. The molecule has 0 aliphatic heterocycles. The Kier molecular flexibility index (Phi) is 3.40. The van der Waals surface area contributed by atoms with Crippen molar-refractivity contribution in [3.05, 3.63) is 52.1 Å². The van der Waals surface area contributed by atoms with E-state index in [2.05, 4.69) is 48.2 Å². The van der Waals surface area contributed by atoms with E-state index in [1.807, 2.05) is 24.4 Å². The van der Waals surface area contributed by atoms with Crippen LogP contribution in [0.3, 0.4) is 0 Å². The van der Waals surface area contributed by atoms with Gasteiger partial charge in [-0.1, -0.05) is 6.07 Å². The van der Waals surface area contributed by atoms with E-state index < -0.39 is 0 Å². The molecule has 102 valence electrons. The first-order valence-corrected chi connectivity index (χ1v) is 7.51. The second kappa shape index (κ2) is 5.21. The first kappa shape index (κ1) is 13.1. The fraction of sp³-hybridized carbons (Fsp3) is 0.250. The van der Waals surface area contributed by atoms with Crippen LogP contribution in [0.4, 0.5) is 5.69 Å². The highest BCUT2D eigenvalue weighted by molar-refractivity contribution is 7.11. The van der Waals surface area contributed by atoms with Crippen molar-refractivity contribution in [2.24, 2.45) is 0 Å². The fourth-order valence-corrected chi connectivity index (χ4v) is 3.39. The molecule has 1 aromatic carbocycles. The summed E-state index contributed by atoms with van der Waals surface area (Å²) in [6.45, 7) is 6.33. The number of hydrogen-bond donors (Lipinski definition) is 1. The summed E-state index contributed by atoms with van der Waals surface area (Å²) in [7, 11) is 0. The third kappa shape index (κ3) is 2.39. The molecular weight excluding hydrogens is 266 g/mol. The van der Waals surface area contributed by atoms with Gasteiger partial charge < -0.3 is 5.32 Å². The first-order valence-electron chi connectivity index (χ1n) is 6.69. The van der Waals surface area contributed by atoms with Crippen LogP contribution in [-0.2, 0) is 0 Å². The van der Waals surface area contributed by atoms with Gasteiger partial charge in [0.25, 0.3) is 0 Å². The van der Waals surface area contributed by atoms with E-state index in [1.54, 1.807) is 11.3 Å². The van der Waals surface area contributed by atoms with Crippen LogP contribution < -0.4 is 5.32 Å². The van der Waals surface area contributed by atoms with Crippen LogP contribution in [0, 0.1) is 13.8 Å². The molecule has 1 unspecified atom stereocenters. The van der Waals surface area contributed by atoms with Gasteiger partial charge in [0, 0.05) is 22.1 Å². The van der Waals surface area contributed by atoms with Crippen molar-refractivity contribution in [1.82, 2.24) is 9.97 Å². The molecule has 0 fully saturated rings. The molecule has 2 heterocycles. The summed E-state index contributed by atoms with van der Waals surface area (Å²) >= 11 is 1.75. The van der Waals surface area contributed by atoms with Crippen molar-refractivity contribution in [2.45, 2.75) is 26.8 Å². The van der Waals surface area contributed by atoms with E-state index in [0.717, 1.165) is 27.3 Å². The van der Waals surface area contributed by atoms with Gasteiger partial charge in [-0.3, -0.25) is 4.98 Å². The largest absolute Gasteiger partial charge is 0.376 e. The van der Waals surface area contributed by atoms with Gasteiger partial charge in [-0.15, -0.1) is 11.3 Å². The Morgan fingerprint density at radius 1 is 1.15 bits per heavy atom. The van der Waals surface area contributed by atoms with Gasteiger partial charge in [-0.25, -0.2) is 4.98 Å². The van der Waals surface area contributed by atoms with Crippen molar-refractivity contribution in [1.29, 1.82) is 0 Å². The van der Waals surface area contributed by atoms with Gasteiger partial charge in [0.05, 0.1) is 22.3 Å². The lowest BCUT2D eigenvalue weighted by molar-refractivity contribution is 0.838. The molecule has 0 radical (unpaired) electrons. The quantitative estimate of drug-likeness (QED) is 0.770. The number of nitrogens with zero attached hydrogens (tertiary/aromatic N) is 2. The number of benzene rings is 1. The van der Waals surface area contributed by atoms with Crippen molar-refractivity contribution in [3.63, 3.8) is 0 Å². The summed E-state index contributed by atoms with van der Waals surface area (Å²) in [6.07, 6.45) is 1.82. The molecule has 0 aliphatic carbocycles. The van der Waals surface area contributed by atoms with Gasteiger partial charge in [0.15, 0.2) is 0 Å². The Hall–Kier alpha value is -1.94. The number of anilines is 1. The number of hydrogen-bond acceptors (Lipinski definition) is 4. The maximum absolute atomic E-state index is 4.63. The number of thiazole rings is 1. The molecule has 0 spiro atoms. The maximum atomic E-state index is 4.63. The summed E-state index contributed by atoms with van der Waals surface area (Å²) < 4.78 is 0. The molecule has 2 aromatic heterocycles. The highest BCUT2D eigenvalue weighted by atomic mass is 32.1. The number of rotatable bonds is 3. The Labute approximate surface area is 122 Å². The lowest BCUT2D eigenvalue weighted by atomic mass is 10.1. The number of nitrogens with one attached hydrogen (secondary N) is 1. The Bertz CT molecular complexity index is 743. The van der Waals surface area contributed by atoms with E-state index in [9.17, 15) is 0 Å². The maximum Gasteiger partial charge on any atom is 0.0901 e. The number of aryl methyl sites for hydroxylation is 2. The molecule has 3 aromatic rings. The molecule has 3 rings (SSSR count). The highest BCUT2D eigenvalue weighted by Crippen LogP contribution is 2.28. The van der Waals surface area contributed by atoms with Crippen molar-refractivity contribution in [2.75, 3.05) is 5.32 Å². The molecule has 0 saturated heterocycles. The standard InChI is InChI=1S/C16H17N3S/c1-10(16-11(2)20-12(3)19-16)18-15-8-4-7-14-13(15)6-5-9-17-14/h4-10,18H,1-3H3. The van der Waals surface area contributed by atoms with Gasteiger partial charge in [-0.2, -0.15) is 0 Å². The first-order chi connectivity index (χ1) is 9.65. The molecule has 1 N–H and O–H groups in total. The van der Waals surface area contributed by atoms with Crippen LogP contribution in [0.1, 0.15) is 28.5 Å². The molecule has 1 atom stereocenters. The Morgan fingerprint density at radius 3 is 2.75 bits per heavy atom. The van der Waals surface area contributed by atoms with Crippen LogP contribution in [0.2, 0.25) is 0 Å². The van der Waals surface area contributed by atoms with Crippen molar-refractivity contribution in [3.8, 4) is 0 Å². The Balaban J connectivity index is 1.95. The average molecular weight is 283 g/mol. The minimum atomic E-state index is 0.186. The molecule has 3 nitrogen and oxygen atoms in total. The normalized spacial score (nSPS) is 12.6. The second-order valence-electron chi connectivity index (χ2n) is 4.92. The summed E-state index contributed by atoms with van der Waals surface area (Å²) in [4.78, 5) is 10.3. The van der Waals surface area contributed by atoms with Gasteiger partial charge >= 0.3 is 0 Å². The Morgan fingerprint density at radius 2 is 2.00 bits per heavy atom. The van der Waals surface area contributed by atoms with Crippen LogP contribution in [0.5, 0.6) is 0 Å². The minimum absolute atomic E-state index is 0.186. The smallest absolute Gasteiger partial charge is 0.0901 e. The molecule has 0 amide bonds. The third-order valence-corrected chi connectivity index (χ3v) is 4.27. The molecule has 0 aliphatic rings.